The van der Waals surface area contributed by atoms with E-state index in [2.05, 4.69) is 22.2 Å². The number of hydrogen-bond acceptors (Lipinski definition) is 6. The Bertz CT molecular complexity index is 336. The van der Waals surface area contributed by atoms with Gasteiger partial charge in [-0.3, -0.25) is 4.79 Å². The van der Waals surface area contributed by atoms with Crippen molar-refractivity contribution in [1.82, 2.24) is 10.5 Å². The number of carbonyl (C=O) groups is 1. The van der Waals surface area contributed by atoms with E-state index in [1.807, 2.05) is 18.2 Å². The zero-order valence-electron chi connectivity index (χ0n) is 9.88. The van der Waals surface area contributed by atoms with E-state index in [1.165, 1.54) is 0 Å². The van der Waals surface area contributed by atoms with Crippen molar-refractivity contribution in [3.8, 4) is 0 Å². The molecule has 0 saturated carbocycles. The Morgan fingerprint density at radius 3 is 3.06 bits per heavy atom. The van der Waals surface area contributed by atoms with Crippen molar-refractivity contribution < 1.29 is 9.63 Å². The lowest BCUT2D eigenvalue weighted by atomic mass is 10.2. The summed E-state index contributed by atoms with van der Waals surface area (Å²) in [4.78, 5) is 20.0. The highest BCUT2D eigenvalue weighted by molar-refractivity contribution is 8.76. The maximum atomic E-state index is 11.1. The number of hydrogen-bond donors (Lipinski definition) is 1. The molecule has 94 valence electrons. The SMILES string of the molecule is CNOC(=O)CCC(C)SSc1ccccn1. The van der Waals surface area contributed by atoms with E-state index < -0.39 is 0 Å². The van der Waals surface area contributed by atoms with E-state index in [9.17, 15) is 4.79 Å². The highest BCUT2D eigenvalue weighted by Gasteiger charge is 2.09. The van der Waals surface area contributed by atoms with Gasteiger partial charge in [0.1, 0.15) is 5.03 Å². The number of rotatable bonds is 7. The van der Waals surface area contributed by atoms with Crippen LogP contribution in [0.3, 0.4) is 0 Å². The average molecular weight is 272 g/mol. The monoisotopic (exact) mass is 272 g/mol. The maximum absolute atomic E-state index is 11.1. The first-order chi connectivity index (χ1) is 8.22. The second-order valence-corrected chi connectivity index (χ2v) is 6.03. The number of nitrogens with zero attached hydrogens (tertiary/aromatic N) is 1. The van der Waals surface area contributed by atoms with Gasteiger partial charge in [-0.2, -0.15) is 5.48 Å². The zero-order chi connectivity index (χ0) is 12.5. The van der Waals surface area contributed by atoms with Crippen LogP contribution in [0.1, 0.15) is 19.8 Å². The summed E-state index contributed by atoms with van der Waals surface area (Å²) in [6.07, 6.45) is 3.00. The summed E-state index contributed by atoms with van der Waals surface area (Å²) < 4.78 is 0. The van der Waals surface area contributed by atoms with E-state index in [1.54, 1.807) is 34.8 Å². The van der Waals surface area contributed by atoms with E-state index in [0.29, 0.717) is 11.7 Å². The van der Waals surface area contributed by atoms with Crippen LogP contribution in [0.15, 0.2) is 29.4 Å². The Hall–Kier alpha value is -0.720. The summed E-state index contributed by atoms with van der Waals surface area (Å²) in [6.45, 7) is 2.09. The van der Waals surface area contributed by atoms with Gasteiger partial charge in [-0.25, -0.2) is 4.98 Å². The molecular formula is C11H16N2O2S2. The molecule has 0 radical (unpaired) electrons. The van der Waals surface area contributed by atoms with Crippen molar-refractivity contribution >= 4 is 27.6 Å². The standard InChI is InChI=1S/C11H16N2O2S2/c1-9(6-7-11(14)15-12-2)16-17-10-5-3-4-8-13-10/h3-5,8-9,12H,6-7H2,1-2H3. The Morgan fingerprint density at radius 1 is 1.59 bits per heavy atom. The van der Waals surface area contributed by atoms with Gasteiger partial charge >= 0.3 is 5.97 Å². The number of hydroxylamine groups is 1. The second-order valence-electron chi connectivity index (χ2n) is 3.38. The third kappa shape index (κ3) is 6.55. The Morgan fingerprint density at radius 2 is 2.41 bits per heavy atom. The van der Waals surface area contributed by atoms with E-state index >= 15 is 0 Å². The number of pyridine rings is 1. The molecule has 1 heterocycles. The third-order valence-electron chi connectivity index (χ3n) is 1.91. The molecule has 0 fully saturated rings. The molecule has 1 aromatic rings. The molecule has 1 unspecified atom stereocenters. The van der Waals surface area contributed by atoms with Crippen LogP contribution in [0, 0.1) is 0 Å². The molecule has 0 saturated heterocycles. The van der Waals surface area contributed by atoms with Gasteiger partial charge in [0.15, 0.2) is 0 Å². The van der Waals surface area contributed by atoms with Gasteiger partial charge in [-0.1, -0.05) is 23.8 Å². The molecule has 0 spiro atoms. The van der Waals surface area contributed by atoms with Gasteiger partial charge in [0.2, 0.25) is 0 Å². The van der Waals surface area contributed by atoms with Gasteiger partial charge in [-0.15, -0.1) is 0 Å². The maximum Gasteiger partial charge on any atom is 0.324 e. The van der Waals surface area contributed by atoms with Crippen LogP contribution in [-0.4, -0.2) is 23.3 Å². The molecule has 0 aromatic carbocycles. The summed E-state index contributed by atoms with van der Waals surface area (Å²) in [7, 11) is 4.92. The van der Waals surface area contributed by atoms with Crippen LogP contribution < -0.4 is 5.48 Å². The average Bonchev–Trinajstić information content (AvgIpc) is 2.35. The molecule has 0 bridgehead atoms. The lowest BCUT2D eigenvalue weighted by Crippen LogP contribution is -2.15. The molecule has 0 amide bonds. The molecule has 0 aliphatic carbocycles. The Labute approximate surface area is 109 Å². The minimum absolute atomic E-state index is 0.220. The molecule has 0 aliphatic heterocycles. The molecule has 0 aliphatic rings. The molecule has 4 nitrogen and oxygen atoms in total. The van der Waals surface area contributed by atoms with Gasteiger partial charge in [0.25, 0.3) is 0 Å². The highest BCUT2D eigenvalue weighted by Crippen LogP contribution is 2.34. The summed E-state index contributed by atoms with van der Waals surface area (Å²) in [5.74, 6) is -0.220. The Balaban J connectivity index is 2.17. The molecule has 17 heavy (non-hydrogen) atoms. The van der Waals surface area contributed by atoms with Crippen molar-refractivity contribution in [2.45, 2.75) is 30.0 Å². The normalized spacial score (nSPS) is 12.1. The highest BCUT2D eigenvalue weighted by atomic mass is 33.1. The predicted octanol–water partition coefficient (Wildman–Crippen LogP) is 2.67. The van der Waals surface area contributed by atoms with Crippen molar-refractivity contribution in [3.05, 3.63) is 24.4 Å². The second kappa shape index (κ2) is 8.38. The van der Waals surface area contributed by atoms with Crippen molar-refractivity contribution in [1.29, 1.82) is 0 Å². The van der Waals surface area contributed by atoms with Crippen LogP contribution in [0.2, 0.25) is 0 Å². The fourth-order valence-electron chi connectivity index (χ4n) is 1.06. The number of nitrogens with one attached hydrogen (secondary N) is 1. The lowest BCUT2D eigenvalue weighted by Gasteiger charge is -2.09. The van der Waals surface area contributed by atoms with Crippen LogP contribution in [0.25, 0.3) is 0 Å². The molecule has 1 atom stereocenters. The summed E-state index contributed by atoms with van der Waals surface area (Å²) in [6, 6.07) is 5.83. The summed E-state index contributed by atoms with van der Waals surface area (Å²) in [5.41, 5.74) is 2.38. The molecule has 6 heteroatoms. The fraction of sp³-hybridized carbons (Fsp3) is 0.455. The molecule has 1 aromatic heterocycles. The van der Waals surface area contributed by atoms with Gasteiger partial charge in [0, 0.05) is 24.9 Å². The fourth-order valence-corrected chi connectivity index (χ4v) is 3.15. The van der Waals surface area contributed by atoms with Gasteiger partial charge in [-0.05, 0) is 29.3 Å². The number of carbonyl (C=O) groups excluding carboxylic acids is 1. The van der Waals surface area contributed by atoms with Crippen molar-refractivity contribution in [2.24, 2.45) is 0 Å². The summed E-state index contributed by atoms with van der Waals surface area (Å²) >= 11 is 0. The predicted molar refractivity (Wildman–Crippen MR) is 71.5 cm³/mol. The molecular weight excluding hydrogens is 256 g/mol. The molecule has 1 N–H and O–H groups in total. The van der Waals surface area contributed by atoms with Gasteiger partial charge in [0.05, 0.1) is 0 Å². The van der Waals surface area contributed by atoms with Crippen molar-refractivity contribution in [2.75, 3.05) is 7.05 Å². The largest absolute Gasteiger partial charge is 0.371 e. The number of aromatic nitrogens is 1. The quantitative estimate of drug-likeness (QED) is 0.608. The van der Waals surface area contributed by atoms with Crippen LogP contribution >= 0.6 is 21.6 Å². The smallest absolute Gasteiger partial charge is 0.324 e. The first kappa shape index (κ1) is 14.3. The first-order valence-electron chi connectivity index (χ1n) is 5.33. The Kier molecular flexibility index (Phi) is 7.07. The lowest BCUT2D eigenvalue weighted by molar-refractivity contribution is -0.149. The summed E-state index contributed by atoms with van der Waals surface area (Å²) in [5, 5.41) is 1.37. The first-order valence-corrected chi connectivity index (χ1v) is 7.54. The zero-order valence-corrected chi connectivity index (χ0v) is 11.5. The van der Waals surface area contributed by atoms with E-state index in [4.69, 9.17) is 0 Å². The van der Waals surface area contributed by atoms with Gasteiger partial charge < -0.3 is 4.84 Å². The molecule has 1 rings (SSSR count). The van der Waals surface area contributed by atoms with E-state index in [0.717, 1.165) is 11.4 Å². The van der Waals surface area contributed by atoms with Crippen molar-refractivity contribution in [3.63, 3.8) is 0 Å². The topological polar surface area (TPSA) is 51.2 Å². The minimum atomic E-state index is -0.220. The van der Waals surface area contributed by atoms with Crippen LogP contribution in [-0.2, 0) is 9.63 Å². The van der Waals surface area contributed by atoms with Crippen LogP contribution in [0.5, 0.6) is 0 Å². The van der Waals surface area contributed by atoms with Crippen LogP contribution in [0.4, 0.5) is 0 Å². The third-order valence-corrected chi connectivity index (χ3v) is 4.77. The minimum Gasteiger partial charge on any atom is -0.371 e. The van der Waals surface area contributed by atoms with E-state index in [-0.39, 0.29) is 5.97 Å².